The second-order valence-corrected chi connectivity index (χ2v) is 4.71. The maximum absolute atomic E-state index is 5.53. The summed E-state index contributed by atoms with van der Waals surface area (Å²) in [5.41, 5.74) is 1.10. The lowest BCUT2D eigenvalue weighted by molar-refractivity contribution is 0.110. The SMILES string of the molecule is CCNc1cc(NCCCOCC(C)C)ccn1. The molecule has 0 radical (unpaired) electrons. The van der Waals surface area contributed by atoms with E-state index in [9.17, 15) is 0 Å². The highest BCUT2D eigenvalue weighted by atomic mass is 16.5. The Balaban J connectivity index is 2.16. The molecule has 102 valence electrons. The second-order valence-electron chi connectivity index (χ2n) is 4.71. The molecule has 0 saturated heterocycles. The molecule has 0 atom stereocenters. The van der Waals surface area contributed by atoms with E-state index in [1.54, 1.807) is 0 Å². The predicted octanol–water partition coefficient (Wildman–Crippen LogP) is 2.99. The number of nitrogens with zero attached hydrogens (tertiary/aromatic N) is 1. The van der Waals surface area contributed by atoms with Gasteiger partial charge in [0.2, 0.25) is 0 Å². The summed E-state index contributed by atoms with van der Waals surface area (Å²) in [7, 11) is 0. The lowest BCUT2D eigenvalue weighted by Crippen LogP contribution is -2.09. The van der Waals surface area contributed by atoms with Gasteiger partial charge in [0.25, 0.3) is 0 Å². The van der Waals surface area contributed by atoms with Gasteiger partial charge in [-0.1, -0.05) is 13.8 Å². The monoisotopic (exact) mass is 251 g/mol. The van der Waals surface area contributed by atoms with Crippen LogP contribution < -0.4 is 10.6 Å². The van der Waals surface area contributed by atoms with Crippen molar-refractivity contribution in [1.29, 1.82) is 0 Å². The van der Waals surface area contributed by atoms with Crippen molar-refractivity contribution in [2.24, 2.45) is 5.92 Å². The number of nitrogens with one attached hydrogen (secondary N) is 2. The summed E-state index contributed by atoms with van der Waals surface area (Å²) >= 11 is 0. The van der Waals surface area contributed by atoms with Gasteiger partial charge >= 0.3 is 0 Å². The van der Waals surface area contributed by atoms with E-state index in [0.29, 0.717) is 5.92 Å². The minimum absolute atomic E-state index is 0.612. The molecule has 0 aromatic carbocycles. The predicted molar refractivity (Wildman–Crippen MR) is 77.2 cm³/mol. The van der Waals surface area contributed by atoms with Crippen molar-refractivity contribution < 1.29 is 4.74 Å². The van der Waals surface area contributed by atoms with Gasteiger partial charge in [-0.15, -0.1) is 0 Å². The zero-order chi connectivity index (χ0) is 13.2. The zero-order valence-corrected chi connectivity index (χ0v) is 11.7. The first kappa shape index (κ1) is 14.8. The van der Waals surface area contributed by atoms with Crippen molar-refractivity contribution in [3.63, 3.8) is 0 Å². The van der Waals surface area contributed by atoms with Gasteiger partial charge in [0.1, 0.15) is 5.82 Å². The molecular formula is C14H25N3O. The van der Waals surface area contributed by atoms with Gasteiger partial charge in [-0.3, -0.25) is 0 Å². The van der Waals surface area contributed by atoms with Crippen molar-refractivity contribution in [3.05, 3.63) is 18.3 Å². The molecule has 0 aliphatic carbocycles. The van der Waals surface area contributed by atoms with E-state index in [0.717, 1.165) is 44.2 Å². The molecule has 1 aromatic heterocycles. The molecule has 0 unspecified atom stereocenters. The normalized spacial score (nSPS) is 10.7. The van der Waals surface area contributed by atoms with E-state index < -0.39 is 0 Å². The number of hydrogen-bond donors (Lipinski definition) is 2. The standard InChI is InChI=1S/C14H25N3O/c1-4-15-14-10-13(6-8-17-14)16-7-5-9-18-11-12(2)3/h6,8,10,12H,4-5,7,9,11H2,1-3H3,(H2,15,16,17). The average Bonchev–Trinajstić information content (AvgIpc) is 2.34. The fourth-order valence-corrected chi connectivity index (χ4v) is 1.54. The van der Waals surface area contributed by atoms with Crippen LogP contribution in [0.25, 0.3) is 0 Å². The molecule has 2 N–H and O–H groups in total. The van der Waals surface area contributed by atoms with Crippen LogP contribution in [0.15, 0.2) is 18.3 Å². The van der Waals surface area contributed by atoms with Crippen LogP contribution in [0, 0.1) is 5.92 Å². The van der Waals surface area contributed by atoms with Gasteiger partial charge in [0, 0.05) is 44.3 Å². The van der Waals surface area contributed by atoms with Crippen LogP contribution in [0.1, 0.15) is 27.2 Å². The van der Waals surface area contributed by atoms with Crippen molar-refractivity contribution in [2.45, 2.75) is 27.2 Å². The van der Waals surface area contributed by atoms with E-state index in [-0.39, 0.29) is 0 Å². The highest BCUT2D eigenvalue weighted by Crippen LogP contribution is 2.11. The van der Waals surface area contributed by atoms with Gasteiger partial charge < -0.3 is 15.4 Å². The van der Waals surface area contributed by atoms with Gasteiger partial charge in [0.15, 0.2) is 0 Å². The summed E-state index contributed by atoms with van der Waals surface area (Å²) in [6.45, 7) is 9.87. The average molecular weight is 251 g/mol. The third kappa shape index (κ3) is 6.45. The highest BCUT2D eigenvalue weighted by molar-refractivity contribution is 5.51. The molecule has 0 aliphatic rings. The van der Waals surface area contributed by atoms with Crippen LogP contribution in [0.3, 0.4) is 0 Å². The first-order chi connectivity index (χ1) is 8.72. The largest absolute Gasteiger partial charge is 0.385 e. The Morgan fingerprint density at radius 1 is 1.33 bits per heavy atom. The first-order valence-electron chi connectivity index (χ1n) is 6.74. The second kappa shape index (κ2) is 8.75. The molecule has 4 nitrogen and oxygen atoms in total. The van der Waals surface area contributed by atoms with Gasteiger partial charge in [-0.25, -0.2) is 4.98 Å². The van der Waals surface area contributed by atoms with E-state index in [2.05, 4.69) is 36.4 Å². The van der Waals surface area contributed by atoms with Crippen molar-refractivity contribution >= 4 is 11.5 Å². The van der Waals surface area contributed by atoms with Crippen LogP contribution >= 0.6 is 0 Å². The van der Waals surface area contributed by atoms with Gasteiger partial charge in [-0.05, 0) is 25.3 Å². The lowest BCUT2D eigenvalue weighted by atomic mass is 10.2. The molecule has 0 saturated carbocycles. The molecule has 0 amide bonds. The molecular weight excluding hydrogens is 226 g/mol. The lowest BCUT2D eigenvalue weighted by Gasteiger charge is -2.09. The summed E-state index contributed by atoms with van der Waals surface area (Å²) in [6.07, 6.45) is 2.83. The third-order valence-electron chi connectivity index (χ3n) is 2.36. The summed E-state index contributed by atoms with van der Waals surface area (Å²) in [5, 5.41) is 6.57. The Hall–Kier alpha value is -1.29. The van der Waals surface area contributed by atoms with Gasteiger partial charge in [0.05, 0.1) is 0 Å². The van der Waals surface area contributed by atoms with Crippen LogP contribution in [0.4, 0.5) is 11.5 Å². The van der Waals surface area contributed by atoms with Crippen LogP contribution in [0.2, 0.25) is 0 Å². The number of rotatable bonds is 9. The van der Waals surface area contributed by atoms with E-state index in [4.69, 9.17) is 4.74 Å². The third-order valence-corrected chi connectivity index (χ3v) is 2.36. The molecule has 18 heavy (non-hydrogen) atoms. The Kier molecular flexibility index (Phi) is 7.18. The molecule has 0 spiro atoms. The van der Waals surface area contributed by atoms with Crippen LogP contribution in [0.5, 0.6) is 0 Å². The quantitative estimate of drug-likeness (QED) is 0.662. The number of hydrogen-bond acceptors (Lipinski definition) is 4. The fourth-order valence-electron chi connectivity index (χ4n) is 1.54. The zero-order valence-electron chi connectivity index (χ0n) is 11.7. The highest BCUT2D eigenvalue weighted by Gasteiger charge is 1.96. The number of pyridine rings is 1. The molecule has 1 rings (SSSR count). The van der Waals surface area contributed by atoms with Crippen molar-refractivity contribution in [2.75, 3.05) is 36.9 Å². The molecule has 0 bridgehead atoms. The van der Waals surface area contributed by atoms with E-state index in [1.807, 2.05) is 18.3 Å². The smallest absolute Gasteiger partial charge is 0.127 e. The maximum atomic E-state index is 5.53. The Bertz CT molecular complexity index is 329. The van der Waals surface area contributed by atoms with Crippen LogP contribution in [-0.2, 0) is 4.74 Å². The minimum atomic E-state index is 0.612. The van der Waals surface area contributed by atoms with Gasteiger partial charge in [-0.2, -0.15) is 0 Å². The molecule has 0 aliphatic heterocycles. The Morgan fingerprint density at radius 3 is 2.89 bits per heavy atom. The first-order valence-corrected chi connectivity index (χ1v) is 6.74. The molecule has 4 heteroatoms. The molecule has 1 aromatic rings. The molecule has 0 fully saturated rings. The van der Waals surface area contributed by atoms with Crippen molar-refractivity contribution in [1.82, 2.24) is 4.98 Å². The maximum Gasteiger partial charge on any atom is 0.127 e. The minimum Gasteiger partial charge on any atom is -0.385 e. The number of ether oxygens (including phenoxy) is 1. The Labute approximate surface area is 110 Å². The summed E-state index contributed by atoms with van der Waals surface area (Å²) in [6, 6.07) is 4.01. The van der Waals surface area contributed by atoms with Crippen molar-refractivity contribution in [3.8, 4) is 0 Å². The number of anilines is 2. The number of aromatic nitrogens is 1. The molecule has 1 heterocycles. The Morgan fingerprint density at radius 2 is 2.17 bits per heavy atom. The van der Waals surface area contributed by atoms with E-state index >= 15 is 0 Å². The summed E-state index contributed by atoms with van der Waals surface area (Å²) in [4.78, 5) is 4.23. The summed E-state index contributed by atoms with van der Waals surface area (Å²) < 4.78 is 5.53. The van der Waals surface area contributed by atoms with E-state index in [1.165, 1.54) is 0 Å². The fraction of sp³-hybridized carbons (Fsp3) is 0.643. The topological polar surface area (TPSA) is 46.2 Å². The summed E-state index contributed by atoms with van der Waals surface area (Å²) in [5.74, 6) is 1.53. The van der Waals surface area contributed by atoms with Crippen LogP contribution in [-0.4, -0.2) is 31.3 Å².